The van der Waals surface area contributed by atoms with Gasteiger partial charge in [0.1, 0.15) is 23.0 Å². The van der Waals surface area contributed by atoms with Gasteiger partial charge >= 0.3 is 24.2 Å². The molecule has 4 aromatic rings. The van der Waals surface area contributed by atoms with Crippen LogP contribution in [0.1, 0.15) is 138 Å². The summed E-state index contributed by atoms with van der Waals surface area (Å²) < 4.78 is 147. The average molecular weight is 1210 g/mol. The molecule has 20 heteroatoms. The topological polar surface area (TPSA) is 77.4 Å². The van der Waals surface area contributed by atoms with Crippen molar-refractivity contribution < 1.29 is 73.1 Å². The normalized spacial score (nSPS) is 19.4. The lowest BCUT2D eigenvalue weighted by molar-refractivity contribution is -0.284. The van der Waals surface area contributed by atoms with Crippen molar-refractivity contribution in [2.75, 3.05) is 75.2 Å². The molecule has 0 amide bonds. The van der Waals surface area contributed by atoms with Crippen molar-refractivity contribution in [3.63, 3.8) is 0 Å². The van der Waals surface area contributed by atoms with Gasteiger partial charge in [0.25, 0.3) is 0 Å². The van der Waals surface area contributed by atoms with Crippen LogP contribution < -0.4 is 9.47 Å². The standard InChI is InChI=1S/C31H41F5O3S2.C29H37F5O3S2/c1-29(23-10-12-24(37-2)13-11-23)22-41-28-21-25(38-3)14-15-26(28)27(29)9-7-18-39-17-5-4-6-19-40-20-8-16-30(32,33)31(34,35)36;1-27(21-8-10-22(35)11-9-21)20-39-26-19-23(36)12-13-24(26)25(27)7-5-16-37-15-3-2-4-17-38-18-6-14-28(30,31)29(32,33)34/h10-15,21,27H,4-9,16-20,22H2,1-3H3;8-13,19,25,35-36H,2-7,14-18,20H2,1H3/t27-,29-;25-,27-/m11/s1. The quantitative estimate of drug-likeness (QED) is 0.0365. The number of unbranched alkanes of at least 4 members (excludes halogenated alkanes) is 4. The van der Waals surface area contributed by atoms with E-state index < -0.39 is 37.0 Å². The monoisotopic (exact) mass is 1210 g/mol. The summed E-state index contributed by atoms with van der Waals surface area (Å²) >= 11 is 6.46. The van der Waals surface area contributed by atoms with E-state index in [-0.39, 0.29) is 41.1 Å². The highest BCUT2D eigenvalue weighted by Gasteiger charge is 2.57. The van der Waals surface area contributed by atoms with E-state index >= 15 is 0 Å². The number of halogens is 10. The molecule has 2 aliphatic heterocycles. The molecule has 0 saturated carbocycles. The number of phenolic OH excluding ortho intramolecular Hbond substituents is 2. The number of hydrogen-bond acceptors (Lipinski definition) is 10. The molecule has 0 radical (unpaired) electrons. The fourth-order valence-corrected chi connectivity index (χ4v) is 14.8. The predicted molar refractivity (Wildman–Crippen MR) is 307 cm³/mol. The van der Waals surface area contributed by atoms with Crippen LogP contribution in [0, 0.1) is 0 Å². The molecule has 0 aromatic heterocycles. The summed E-state index contributed by atoms with van der Waals surface area (Å²) in [5.41, 5.74) is 4.86. The first-order chi connectivity index (χ1) is 38.0. The van der Waals surface area contributed by atoms with E-state index in [4.69, 9.17) is 18.9 Å². The molecule has 0 unspecified atom stereocenters. The summed E-state index contributed by atoms with van der Waals surface area (Å²) in [6, 6.07) is 27.8. The molecule has 2 heterocycles. The summed E-state index contributed by atoms with van der Waals surface area (Å²) in [5, 5.41) is 19.7. The Morgan fingerprint density at radius 2 is 0.863 bits per heavy atom. The average Bonchev–Trinajstić information content (AvgIpc) is 3.63. The third kappa shape index (κ3) is 19.9. The zero-order valence-corrected chi connectivity index (χ0v) is 49.4. The lowest BCUT2D eigenvalue weighted by Gasteiger charge is -2.43. The number of alkyl halides is 10. The third-order valence-electron chi connectivity index (χ3n) is 14.9. The van der Waals surface area contributed by atoms with Gasteiger partial charge in [0.15, 0.2) is 0 Å². The largest absolute Gasteiger partial charge is 0.508 e. The second-order valence-electron chi connectivity index (χ2n) is 20.9. The van der Waals surface area contributed by atoms with Crippen molar-refractivity contribution in [2.45, 2.75) is 160 Å². The Balaban J connectivity index is 0.000000294. The Morgan fingerprint density at radius 3 is 1.31 bits per heavy atom. The molecule has 6 nitrogen and oxygen atoms in total. The highest BCUT2D eigenvalue weighted by molar-refractivity contribution is 8.00. The Kier molecular flexibility index (Phi) is 27.1. The molecule has 80 heavy (non-hydrogen) atoms. The summed E-state index contributed by atoms with van der Waals surface area (Å²) in [6.07, 6.45) is -4.39. The van der Waals surface area contributed by atoms with Crippen molar-refractivity contribution in [3.05, 3.63) is 107 Å². The second-order valence-corrected chi connectivity index (χ2v) is 25.4. The molecule has 2 aliphatic rings. The zero-order chi connectivity index (χ0) is 58.5. The van der Waals surface area contributed by atoms with Crippen molar-refractivity contribution in [1.29, 1.82) is 0 Å². The first-order valence-corrected chi connectivity index (χ1v) is 31.6. The van der Waals surface area contributed by atoms with E-state index in [0.29, 0.717) is 43.9 Å². The van der Waals surface area contributed by atoms with Crippen LogP contribution in [0.2, 0.25) is 0 Å². The smallest absolute Gasteiger partial charge is 0.453 e. The second kappa shape index (κ2) is 32.1. The molecule has 0 aliphatic carbocycles. The number of methoxy groups -OCH3 is 2. The highest BCUT2D eigenvalue weighted by Crippen LogP contribution is 2.54. The van der Waals surface area contributed by atoms with E-state index in [1.165, 1.54) is 50.7 Å². The third-order valence-corrected chi connectivity index (χ3v) is 20.1. The molecule has 0 saturated heterocycles. The van der Waals surface area contributed by atoms with E-state index in [0.717, 1.165) is 104 Å². The summed E-state index contributed by atoms with van der Waals surface area (Å²) in [5.74, 6) is -2.48. The van der Waals surface area contributed by atoms with Crippen molar-refractivity contribution in [1.82, 2.24) is 0 Å². The van der Waals surface area contributed by atoms with Gasteiger partial charge in [-0.15, -0.1) is 23.5 Å². The fourth-order valence-electron chi connectivity index (χ4n) is 10.1. The van der Waals surface area contributed by atoms with Crippen LogP contribution >= 0.6 is 47.0 Å². The Morgan fingerprint density at radius 1 is 0.475 bits per heavy atom. The van der Waals surface area contributed by atoms with Gasteiger partial charge in [0.2, 0.25) is 0 Å². The van der Waals surface area contributed by atoms with E-state index in [1.807, 2.05) is 54.2 Å². The number of fused-ring (bicyclic) bond motifs is 2. The van der Waals surface area contributed by atoms with Gasteiger partial charge in [-0.25, -0.2) is 0 Å². The van der Waals surface area contributed by atoms with Gasteiger partial charge in [0, 0.05) is 71.4 Å². The van der Waals surface area contributed by atoms with Gasteiger partial charge in [0.05, 0.1) is 14.2 Å². The summed E-state index contributed by atoms with van der Waals surface area (Å²) in [7, 11) is 3.37. The maximum absolute atomic E-state index is 12.9. The van der Waals surface area contributed by atoms with Gasteiger partial charge in [-0.1, -0.05) is 63.1 Å². The molecule has 0 fully saturated rings. The minimum atomic E-state index is -5.46. The maximum atomic E-state index is 12.9. The predicted octanol–water partition coefficient (Wildman–Crippen LogP) is 18.5. The van der Waals surface area contributed by atoms with Crippen LogP contribution in [0.5, 0.6) is 23.0 Å². The van der Waals surface area contributed by atoms with Crippen molar-refractivity contribution >= 4 is 47.0 Å². The summed E-state index contributed by atoms with van der Waals surface area (Å²) in [6.45, 7) is 7.20. The molecule has 2 N–H and O–H groups in total. The number of aromatic hydroxyl groups is 2. The van der Waals surface area contributed by atoms with Crippen LogP contribution in [-0.4, -0.2) is 110 Å². The molecular formula is C60H78F10O6S4. The highest BCUT2D eigenvalue weighted by atomic mass is 32.2. The Hall–Kier alpha value is -3.30. The Labute approximate surface area is 483 Å². The van der Waals surface area contributed by atoms with Crippen LogP contribution in [0.15, 0.2) is 94.7 Å². The lowest BCUT2D eigenvalue weighted by atomic mass is 9.68. The molecule has 0 bridgehead atoms. The van der Waals surface area contributed by atoms with E-state index in [1.54, 1.807) is 44.2 Å². The first-order valence-electron chi connectivity index (χ1n) is 27.4. The minimum Gasteiger partial charge on any atom is -0.508 e. The number of hydrogen-bond donors (Lipinski definition) is 2. The van der Waals surface area contributed by atoms with Gasteiger partial charge in [-0.3, -0.25) is 0 Å². The van der Waals surface area contributed by atoms with Crippen LogP contribution in [0.3, 0.4) is 0 Å². The van der Waals surface area contributed by atoms with E-state index in [2.05, 4.69) is 38.1 Å². The first kappa shape index (κ1) is 67.5. The summed E-state index contributed by atoms with van der Waals surface area (Å²) in [4.78, 5) is 2.37. The van der Waals surface area contributed by atoms with Crippen LogP contribution in [-0.2, 0) is 20.3 Å². The molecule has 448 valence electrons. The van der Waals surface area contributed by atoms with Crippen LogP contribution in [0.4, 0.5) is 43.9 Å². The number of benzene rings is 4. The van der Waals surface area contributed by atoms with E-state index in [9.17, 15) is 54.1 Å². The van der Waals surface area contributed by atoms with Crippen LogP contribution in [0.25, 0.3) is 0 Å². The molecule has 4 atom stereocenters. The number of thioether (sulfide) groups is 4. The van der Waals surface area contributed by atoms with Gasteiger partial charge in [-0.2, -0.15) is 67.4 Å². The SMILES string of the molecule is COc1ccc([C@@]2(C)CSc3cc(OC)ccc3[C@H]2CCCOCCCCCSCCCC(F)(F)C(F)(F)F)cc1.C[C@]1(c2ccc(O)cc2)CSc2cc(O)ccc2[C@H]1CCCOCCCCCSCCCC(F)(F)C(F)(F)F. The van der Waals surface area contributed by atoms with Gasteiger partial charge < -0.3 is 29.2 Å². The van der Waals surface area contributed by atoms with Crippen molar-refractivity contribution in [3.8, 4) is 23.0 Å². The fraction of sp³-hybridized carbons (Fsp3) is 0.600. The number of ether oxygens (including phenoxy) is 4. The maximum Gasteiger partial charge on any atom is 0.453 e. The number of rotatable bonds is 32. The molecule has 0 spiro atoms. The minimum absolute atomic E-state index is 0.0428. The molecular weight excluding hydrogens is 1130 g/mol. The molecule has 4 aromatic carbocycles. The van der Waals surface area contributed by atoms with Crippen molar-refractivity contribution in [2.24, 2.45) is 0 Å². The van der Waals surface area contributed by atoms with Gasteiger partial charge in [-0.05, 0) is 170 Å². The lowest BCUT2D eigenvalue weighted by Crippen LogP contribution is -2.36. The Bertz CT molecular complexity index is 2430. The number of phenols is 2. The molecule has 6 rings (SSSR count). The zero-order valence-electron chi connectivity index (χ0n) is 46.1.